The first-order valence-electron chi connectivity index (χ1n) is 10.7. The van der Waals surface area contributed by atoms with E-state index in [2.05, 4.69) is 60.7 Å². The highest BCUT2D eigenvalue weighted by molar-refractivity contribution is 5.81. The zero-order valence-electron chi connectivity index (χ0n) is 17.4. The Morgan fingerprint density at radius 2 is 1.27 bits per heavy atom. The number of hydrogen-bond donors (Lipinski definition) is 1. The number of para-hydroxylation sites is 1. The summed E-state index contributed by atoms with van der Waals surface area (Å²) in [5.74, 6) is 0.796. The number of ether oxygens (including phenoxy) is 1. The molecule has 0 aliphatic carbocycles. The highest BCUT2D eigenvalue weighted by Crippen LogP contribution is 2.19. The average molecular weight is 402 g/mol. The summed E-state index contributed by atoms with van der Waals surface area (Å²) < 4.78 is 5.84. The molecule has 154 valence electrons. The van der Waals surface area contributed by atoms with Gasteiger partial charge in [0.2, 0.25) is 0 Å². The van der Waals surface area contributed by atoms with Gasteiger partial charge in [-0.25, -0.2) is 0 Å². The number of carbonyl (C=O) groups excluding carboxylic acids is 1. The van der Waals surface area contributed by atoms with Crippen LogP contribution in [-0.4, -0.2) is 43.1 Å². The second kappa shape index (κ2) is 9.59. The Morgan fingerprint density at radius 1 is 0.800 bits per heavy atom. The summed E-state index contributed by atoms with van der Waals surface area (Å²) in [6.07, 6.45) is -0.479. The summed E-state index contributed by atoms with van der Waals surface area (Å²) in [7, 11) is 0. The predicted octanol–water partition coefficient (Wildman–Crippen LogP) is 2.97. The van der Waals surface area contributed by atoms with Crippen LogP contribution >= 0.6 is 0 Å². The smallest absolute Gasteiger partial charge is 0.263 e. The number of nitrogens with one attached hydrogen (secondary N) is 1. The molecule has 3 aromatic rings. The third-order valence-electron chi connectivity index (χ3n) is 5.80. The fourth-order valence-corrected chi connectivity index (χ4v) is 4.27. The molecule has 0 unspecified atom stereocenters. The molecular weight excluding hydrogens is 372 g/mol. The van der Waals surface area contributed by atoms with Gasteiger partial charge in [-0.15, -0.1) is 0 Å². The molecule has 0 spiro atoms. The van der Waals surface area contributed by atoms with Crippen LogP contribution in [0, 0.1) is 0 Å². The number of benzene rings is 3. The maximum absolute atomic E-state index is 12.9. The van der Waals surface area contributed by atoms with Gasteiger partial charge in [-0.05, 0) is 19.1 Å². The van der Waals surface area contributed by atoms with Crippen molar-refractivity contribution in [2.24, 2.45) is 0 Å². The Bertz CT molecular complexity index is 884. The summed E-state index contributed by atoms with van der Waals surface area (Å²) in [6, 6.07) is 31.2. The van der Waals surface area contributed by atoms with E-state index in [0.29, 0.717) is 0 Å². The van der Waals surface area contributed by atoms with E-state index < -0.39 is 6.10 Å². The molecule has 0 saturated carbocycles. The van der Waals surface area contributed by atoms with Crippen LogP contribution in [0.5, 0.6) is 5.75 Å². The highest BCUT2D eigenvalue weighted by Gasteiger charge is 2.33. The number of hydrogen-bond acceptors (Lipinski definition) is 2. The van der Waals surface area contributed by atoms with Crippen molar-refractivity contribution in [3.8, 4) is 5.75 Å². The number of rotatable bonds is 6. The van der Waals surface area contributed by atoms with Gasteiger partial charge in [0.25, 0.3) is 5.91 Å². The quantitative estimate of drug-likeness (QED) is 0.689. The summed E-state index contributed by atoms with van der Waals surface area (Å²) in [6.45, 7) is 5.15. The number of piperazine rings is 1. The molecule has 4 heteroatoms. The lowest BCUT2D eigenvalue weighted by molar-refractivity contribution is -0.929. The molecule has 1 aliphatic heterocycles. The minimum absolute atomic E-state index is 0.0638. The molecule has 0 radical (unpaired) electrons. The van der Waals surface area contributed by atoms with Crippen molar-refractivity contribution in [3.05, 3.63) is 102 Å². The molecule has 1 saturated heterocycles. The molecule has 1 N–H and O–H groups in total. The summed E-state index contributed by atoms with van der Waals surface area (Å²) in [5, 5.41) is 0. The maximum atomic E-state index is 12.9. The molecule has 1 aliphatic rings. The summed E-state index contributed by atoms with van der Waals surface area (Å²) in [4.78, 5) is 16.4. The van der Waals surface area contributed by atoms with E-state index in [9.17, 15) is 4.79 Å². The SMILES string of the molecule is C[C@H](Oc1ccccc1)C(=O)N1CC[NH+](C(c2ccccc2)c2ccccc2)CC1. The molecular formula is C26H29N2O2+. The van der Waals surface area contributed by atoms with Gasteiger partial charge in [-0.3, -0.25) is 4.79 Å². The minimum atomic E-state index is -0.479. The molecule has 30 heavy (non-hydrogen) atoms. The van der Waals surface area contributed by atoms with Crippen LogP contribution in [0.3, 0.4) is 0 Å². The van der Waals surface area contributed by atoms with Crippen LogP contribution < -0.4 is 9.64 Å². The van der Waals surface area contributed by atoms with Crippen molar-refractivity contribution >= 4 is 5.91 Å². The molecule has 4 rings (SSSR count). The van der Waals surface area contributed by atoms with E-state index in [0.717, 1.165) is 31.9 Å². The fourth-order valence-electron chi connectivity index (χ4n) is 4.27. The Hall–Kier alpha value is -3.11. The van der Waals surface area contributed by atoms with Crippen LogP contribution in [0.15, 0.2) is 91.0 Å². The molecule has 1 heterocycles. The van der Waals surface area contributed by atoms with Crippen molar-refractivity contribution in [2.75, 3.05) is 26.2 Å². The second-order valence-corrected chi connectivity index (χ2v) is 7.81. The Balaban J connectivity index is 1.42. The normalized spacial score (nSPS) is 15.7. The first-order chi connectivity index (χ1) is 14.7. The van der Waals surface area contributed by atoms with Gasteiger partial charge in [0, 0.05) is 11.1 Å². The van der Waals surface area contributed by atoms with Crippen LogP contribution in [-0.2, 0) is 4.79 Å². The first-order valence-corrected chi connectivity index (χ1v) is 10.7. The van der Waals surface area contributed by atoms with Crippen LogP contribution in [0.2, 0.25) is 0 Å². The Labute approximate surface area is 178 Å². The minimum Gasteiger partial charge on any atom is -0.481 e. The van der Waals surface area contributed by atoms with Gasteiger partial charge in [0.15, 0.2) is 6.10 Å². The third kappa shape index (κ3) is 4.71. The van der Waals surface area contributed by atoms with Crippen LogP contribution in [0.25, 0.3) is 0 Å². The zero-order chi connectivity index (χ0) is 20.8. The fraction of sp³-hybridized carbons (Fsp3) is 0.269. The topological polar surface area (TPSA) is 34.0 Å². The van der Waals surface area contributed by atoms with Gasteiger partial charge < -0.3 is 14.5 Å². The lowest BCUT2D eigenvalue weighted by Crippen LogP contribution is -3.15. The number of quaternary nitrogens is 1. The van der Waals surface area contributed by atoms with E-state index in [1.54, 1.807) is 0 Å². The molecule has 4 nitrogen and oxygen atoms in total. The van der Waals surface area contributed by atoms with Crippen molar-refractivity contribution in [1.29, 1.82) is 0 Å². The van der Waals surface area contributed by atoms with E-state index in [1.807, 2.05) is 42.2 Å². The standard InChI is InChI=1S/C26H28N2O2/c1-21(30-24-15-9-4-10-16-24)26(29)28-19-17-27(18-20-28)25(22-11-5-2-6-12-22)23-13-7-3-8-14-23/h2-16,21,25H,17-20H2,1H3/p+1/t21-/m0/s1. The van der Waals surface area contributed by atoms with Crippen molar-refractivity contribution in [1.82, 2.24) is 4.90 Å². The summed E-state index contributed by atoms with van der Waals surface area (Å²) >= 11 is 0. The average Bonchev–Trinajstić information content (AvgIpc) is 2.81. The molecule has 1 fully saturated rings. The van der Waals surface area contributed by atoms with Gasteiger partial charge in [0.05, 0.1) is 26.2 Å². The Morgan fingerprint density at radius 3 is 1.77 bits per heavy atom. The monoisotopic (exact) mass is 401 g/mol. The molecule has 3 aromatic carbocycles. The number of carbonyl (C=O) groups is 1. The van der Waals surface area contributed by atoms with Crippen LogP contribution in [0.4, 0.5) is 0 Å². The second-order valence-electron chi connectivity index (χ2n) is 7.81. The van der Waals surface area contributed by atoms with Gasteiger partial charge in [-0.2, -0.15) is 0 Å². The third-order valence-corrected chi connectivity index (χ3v) is 5.80. The van der Waals surface area contributed by atoms with Crippen molar-refractivity contribution < 1.29 is 14.4 Å². The van der Waals surface area contributed by atoms with E-state index in [-0.39, 0.29) is 11.9 Å². The summed E-state index contributed by atoms with van der Waals surface area (Å²) in [5.41, 5.74) is 2.64. The van der Waals surface area contributed by atoms with E-state index in [1.165, 1.54) is 16.0 Å². The maximum Gasteiger partial charge on any atom is 0.263 e. The molecule has 1 amide bonds. The van der Waals surface area contributed by atoms with Gasteiger partial charge in [0.1, 0.15) is 11.8 Å². The lowest BCUT2D eigenvalue weighted by atomic mass is 9.96. The van der Waals surface area contributed by atoms with Crippen molar-refractivity contribution in [3.63, 3.8) is 0 Å². The molecule has 0 aromatic heterocycles. The van der Waals surface area contributed by atoms with Crippen molar-refractivity contribution in [2.45, 2.75) is 19.1 Å². The van der Waals surface area contributed by atoms with Gasteiger partial charge in [-0.1, -0.05) is 78.9 Å². The zero-order valence-corrected chi connectivity index (χ0v) is 17.4. The lowest BCUT2D eigenvalue weighted by Gasteiger charge is -2.37. The highest BCUT2D eigenvalue weighted by atomic mass is 16.5. The van der Waals surface area contributed by atoms with E-state index in [4.69, 9.17) is 4.74 Å². The van der Waals surface area contributed by atoms with Crippen LogP contribution in [0.1, 0.15) is 24.1 Å². The van der Waals surface area contributed by atoms with E-state index >= 15 is 0 Å². The number of amides is 1. The molecule has 1 atom stereocenters. The first kappa shape index (κ1) is 20.2. The van der Waals surface area contributed by atoms with Gasteiger partial charge >= 0.3 is 0 Å². The Kier molecular flexibility index (Phi) is 6.45. The largest absolute Gasteiger partial charge is 0.481 e. The molecule has 0 bridgehead atoms. The number of nitrogens with zero attached hydrogens (tertiary/aromatic N) is 1. The predicted molar refractivity (Wildman–Crippen MR) is 119 cm³/mol.